The molecule has 0 bridgehead atoms. The Hall–Kier alpha value is -1.86. The number of aliphatic carboxylic acids is 1. The summed E-state index contributed by atoms with van der Waals surface area (Å²) in [6.07, 6.45) is 1.50. The number of carboxylic acids is 1. The monoisotopic (exact) mass is 296 g/mol. The summed E-state index contributed by atoms with van der Waals surface area (Å²) in [5, 5.41) is 8.65. The van der Waals surface area contributed by atoms with Crippen LogP contribution in [0.2, 0.25) is 0 Å². The Bertz CT molecular complexity index is 586. The molecule has 0 saturated carbocycles. The van der Waals surface area contributed by atoms with E-state index in [-0.39, 0.29) is 5.82 Å². The Balaban J connectivity index is 1.92. The van der Waals surface area contributed by atoms with Crippen LogP contribution in [0.1, 0.15) is 5.69 Å². The van der Waals surface area contributed by atoms with Gasteiger partial charge in [0.25, 0.3) is 0 Å². The van der Waals surface area contributed by atoms with Crippen molar-refractivity contribution in [1.29, 1.82) is 0 Å². The molecule has 0 aliphatic heterocycles. The second-order valence-corrected chi connectivity index (χ2v) is 5.14. The zero-order valence-electron chi connectivity index (χ0n) is 10.5. The van der Waals surface area contributed by atoms with Crippen LogP contribution >= 0.6 is 11.8 Å². The fourth-order valence-corrected chi connectivity index (χ4v) is 2.32. The second kappa shape index (κ2) is 6.53. The zero-order valence-corrected chi connectivity index (χ0v) is 11.3. The predicted octanol–water partition coefficient (Wildman–Crippen LogP) is 2.13. The van der Waals surface area contributed by atoms with Crippen LogP contribution in [0, 0.1) is 5.82 Å². The van der Waals surface area contributed by atoms with E-state index in [9.17, 15) is 9.18 Å². The van der Waals surface area contributed by atoms with E-state index in [0.717, 1.165) is 0 Å². The van der Waals surface area contributed by atoms with Crippen LogP contribution in [-0.2, 0) is 10.5 Å². The van der Waals surface area contributed by atoms with Gasteiger partial charge in [0.15, 0.2) is 0 Å². The van der Waals surface area contributed by atoms with E-state index in [1.54, 1.807) is 12.1 Å². The minimum absolute atomic E-state index is 0.300. The molecule has 0 radical (unpaired) electrons. The summed E-state index contributed by atoms with van der Waals surface area (Å²) in [6, 6.07) is 4.94. The summed E-state index contributed by atoms with van der Waals surface area (Å²) in [5.74, 6) is -0.133. The number of nitrogens with zero attached hydrogens (tertiary/aromatic N) is 1. The van der Waals surface area contributed by atoms with Crippen LogP contribution in [0.4, 0.5) is 4.39 Å². The van der Waals surface area contributed by atoms with Gasteiger partial charge >= 0.3 is 5.97 Å². The topological polar surface area (TPSA) is 89.4 Å². The largest absolute Gasteiger partial charge is 0.480 e. The first-order valence-corrected chi connectivity index (χ1v) is 6.98. The summed E-state index contributed by atoms with van der Waals surface area (Å²) >= 11 is 1.37. The molecule has 0 amide bonds. The summed E-state index contributed by atoms with van der Waals surface area (Å²) in [5.41, 5.74) is 6.76. The van der Waals surface area contributed by atoms with Crippen molar-refractivity contribution in [2.45, 2.75) is 11.8 Å². The number of aromatic nitrogens is 1. The Morgan fingerprint density at radius 3 is 2.80 bits per heavy atom. The van der Waals surface area contributed by atoms with E-state index in [2.05, 4.69) is 4.98 Å². The van der Waals surface area contributed by atoms with Gasteiger partial charge in [-0.25, -0.2) is 9.37 Å². The van der Waals surface area contributed by atoms with E-state index >= 15 is 0 Å². The summed E-state index contributed by atoms with van der Waals surface area (Å²) < 4.78 is 18.1. The molecular formula is C13H13FN2O3S. The van der Waals surface area contributed by atoms with Crippen molar-refractivity contribution < 1.29 is 18.7 Å². The molecule has 0 fully saturated rings. The van der Waals surface area contributed by atoms with Gasteiger partial charge in [-0.2, -0.15) is 11.8 Å². The van der Waals surface area contributed by atoms with Gasteiger partial charge in [-0.1, -0.05) is 0 Å². The lowest BCUT2D eigenvalue weighted by Crippen LogP contribution is -2.32. The number of halogens is 1. The predicted molar refractivity (Wildman–Crippen MR) is 73.7 cm³/mol. The molecule has 0 aliphatic carbocycles. The van der Waals surface area contributed by atoms with Crippen molar-refractivity contribution in [2.75, 3.05) is 5.75 Å². The molecule has 2 aromatic rings. The van der Waals surface area contributed by atoms with Gasteiger partial charge in [0.2, 0.25) is 5.89 Å². The van der Waals surface area contributed by atoms with Crippen molar-refractivity contribution in [3.05, 3.63) is 42.0 Å². The van der Waals surface area contributed by atoms with Crippen molar-refractivity contribution in [1.82, 2.24) is 4.98 Å². The maximum absolute atomic E-state index is 12.8. The molecule has 1 aromatic heterocycles. The minimum atomic E-state index is -1.02. The fourth-order valence-electron chi connectivity index (χ4n) is 1.46. The Morgan fingerprint density at radius 2 is 2.15 bits per heavy atom. The van der Waals surface area contributed by atoms with E-state index < -0.39 is 12.0 Å². The average molecular weight is 296 g/mol. The molecule has 7 heteroatoms. The third kappa shape index (κ3) is 3.82. The van der Waals surface area contributed by atoms with Crippen LogP contribution in [0.15, 0.2) is 34.9 Å². The molecule has 5 nitrogen and oxygen atoms in total. The lowest BCUT2D eigenvalue weighted by molar-refractivity contribution is -0.137. The SMILES string of the molecule is N[C@H](CSCc1coc(-c2ccc(F)cc2)n1)C(=O)O. The van der Waals surface area contributed by atoms with Crippen molar-refractivity contribution in [3.8, 4) is 11.5 Å². The normalized spacial score (nSPS) is 12.3. The molecule has 0 aliphatic rings. The summed E-state index contributed by atoms with van der Waals surface area (Å²) in [6.45, 7) is 0. The molecule has 0 saturated heterocycles. The molecule has 1 aromatic carbocycles. The molecule has 1 atom stereocenters. The van der Waals surface area contributed by atoms with Crippen molar-refractivity contribution >= 4 is 17.7 Å². The highest BCUT2D eigenvalue weighted by atomic mass is 32.2. The second-order valence-electron chi connectivity index (χ2n) is 4.11. The number of thioether (sulfide) groups is 1. The van der Waals surface area contributed by atoms with Crippen molar-refractivity contribution in [2.24, 2.45) is 5.73 Å². The highest BCUT2D eigenvalue weighted by Crippen LogP contribution is 2.21. The lowest BCUT2D eigenvalue weighted by atomic mass is 10.2. The van der Waals surface area contributed by atoms with Gasteiger partial charge in [-0.15, -0.1) is 0 Å². The van der Waals surface area contributed by atoms with Gasteiger partial charge in [0.05, 0.1) is 5.69 Å². The Kier molecular flexibility index (Phi) is 4.75. The van der Waals surface area contributed by atoms with Crippen LogP contribution in [0.25, 0.3) is 11.5 Å². The zero-order chi connectivity index (χ0) is 14.5. The molecule has 20 heavy (non-hydrogen) atoms. The van der Waals surface area contributed by atoms with Gasteiger partial charge in [-0.3, -0.25) is 4.79 Å². The number of rotatable bonds is 6. The van der Waals surface area contributed by atoms with Gasteiger partial charge in [0, 0.05) is 17.1 Å². The smallest absolute Gasteiger partial charge is 0.321 e. The molecule has 1 heterocycles. The van der Waals surface area contributed by atoms with E-state index in [4.69, 9.17) is 15.3 Å². The van der Waals surface area contributed by atoms with Crippen LogP contribution in [-0.4, -0.2) is 27.9 Å². The Labute approximate surface area is 119 Å². The third-order valence-corrected chi connectivity index (χ3v) is 3.60. The van der Waals surface area contributed by atoms with E-state index in [0.29, 0.717) is 28.7 Å². The third-order valence-electron chi connectivity index (χ3n) is 2.51. The van der Waals surface area contributed by atoms with E-state index in [1.165, 1.54) is 30.2 Å². The highest BCUT2D eigenvalue weighted by molar-refractivity contribution is 7.98. The number of carboxylic acid groups (broad SMARTS) is 1. The quantitative estimate of drug-likeness (QED) is 0.848. The number of oxazole rings is 1. The van der Waals surface area contributed by atoms with Gasteiger partial charge in [0.1, 0.15) is 18.1 Å². The van der Waals surface area contributed by atoms with Crippen LogP contribution < -0.4 is 5.73 Å². The van der Waals surface area contributed by atoms with Gasteiger partial charge in [-0.05, 0) is 24.3 Å². The van der Waals surface area contributed by atoms with E-state index in [1.807, 2.05) is 0 Å². The maximum Gasteiger partial charge on any atom is 0.321 e. The first-order valence-electron chi connectivity index (χ1n) is 5.82. The van der Waals surface area contributed by atoms with Crippen molar-refractivity contribution in [3.63, 3.8) is 0 Å². The average Bonchev–Trinajstić information content (AvgIpc) is 2.88. The van der Waals surface area contributed by atoms with Crippen LogP contribution in [0.3, 0.4) is 0 Å². The molecule has 3 N–H and O–H groups in total. The molecule has 0 spiro atoms. The lowest BCUT2D eigenvalue weighted by Gasteiger charge is -2.03. The number of hydrogen-bond acceptors (Lipinski definition) is 5. The number of benzene rings is 1. The summed E-state index contributed by atoms with van der Waals surface area (Å²) in [4.78, 5) is 14.8. The fraction of sp³-hybridized carbons (Fsp3) is 0.231. The molecule has 0 unspecified atom stereocenters. The summed E-state index contributed by atoms with van der Waals surface area (Å²) in [7, 11) is 0. The van der Waals surface area contributed by atoms with Gasteiger partial charge < -0.3 is 15.3 Å². The number of hydrogen-bond donors (Lipinski definition) is 2. The Morgan fingerprint density at radius 1 is 1.45 bits per heavy atom. The first-order chi connectivity index (χ1) is 9.56. The molecular weight excluding hydrogens is 283 g/mol. The molecule has 106 valence electrons. The molecule has 2 rings (SSSR count). The first kappa shape index (κ1) is 14.5. The number of carbonyl (C=O) groups is 1. The maximum atomic E-state index is 12.8. The van der Waals surface area contributed by atoms with Crippen LogP contribution in [0.5, 0.6) is 0 Å². The number of nitrogens with two attached hydrogens (primary N) is 1. The standard InChI is InChI=1S/C13H13FN2O3S/c14-9-3-1-8(2-4-9)12-16-10(5-19-12)6-20-7-11(15)13(17)18/h1-5,11H,6-7,15H2,(H,17,18)/t11-/m1/s1. The minimum Gasteiger partial charge on any atom is -0.480 e. The highest BCUT2D eigenvalue weighted by Gasteiger charge is 2.12.